The van der Waals surface area contributed by atoms with Gasteiger partial charge in [-0.3, -0.25) is 4.79 Å². The molecule has 1 amide bonds. The van der Waals surface area contributed by atoms with Crippen LogP contribution in [0.4, 0.5) is 5.69 Å². The van der Waals surface area contributed by atoms with Crippen molar-refractivity contribution in [2.45, 2.75) is 64.4 Å². The van der Waals surface area contributed by atoms with E-state index in [2.05, 4.69) is 17.1 Å². The van der Waals surface area contributed by atoms with Gasteiger partial charge in [0.25, 0.3) is 5.91 Å². The maximum Gasteiger partial charge on any atom is 0.256 e. The zero-order chi connectivity index (χ0) is 19.5. The molecule has 0 radical (unpaired) electrons. The lowest BCUT2D eigenvalue weighted by atomic mass is 9.97. The summed E-state index contributed by atoms with van der Waals surface area (Å²) in [6.45, 7) is 8.25. The fourth-order valence-electron chi connectivity index (χ4n) is 3.38. The number of hydrogen-bond donors (Lipinski definition) is 1. The third-order valence-electron chi connectivity index (χ3n) is 5.39. The van der Waals surface area contributed by atoms with E-state index in [4.69, 9.17) is 9.47 Å². The van der Waals surface area contributed by atoms with E-state index in [1.54, 1.807) is 7.11 Å². The minimum absolute atomic E-state index is 0.103. The smallest absolute Gasteiger partial charge is 0.256 e. The molecule has 1 aromatic carbocycles. The van der Waals surface area contributed by atoms with E-state index >= 15 is 0 Å². The fourth-order valence-corrected chi connectivity index (χ4v) is 3.38. The molecule has 5 nitrogen and oxygen atoms in total. The van der Waals surface area contributed by atoms with Crippen molar-refractivity contribution < 1.29 is 14.3 Å². The molecule has 2 rings (SSSR count). The molecule has 5 heteroatoms. The number of likely N-dealkylation sites (tertiary alicyclic amines) is 1. The average Bonchev–Trinajstić information content (AvgIpc) is 2.71. The number of piperidine rings is 1. The maximum atomic E-state index is 12.5. The number of ether oxygens (including phenoxy) is 2. The Balaban J connectivity index is 1.74. The van der Waals surface area contributed by atoms with E-state index in [1.807, 2.05) is 31.2 Å². The molecule has 1 N–H and O–H groups in total. The summed E-state index contributed by atoms with van der Waals surface area (Å²) in [6, 6.07) is 7.58. The number of anilines is 1. The van der Waals surface area contributed by atoms with Crippen molar-refractivity contribution in [2.75, 3.05) is 38.7 Å². The second kappa shape index (κ2) is 11.3. The highest BCUT2D eigenvalue weighted by atomic mass is 16.5. The average molecular weight is 377 g/mol. The summed E-state index contributed by atoms with van der Waals surface area (Å²) in [4.78, 5) is 15.1. The van der Waals surface area contributed by atoms with Crippen LogP contribution in [0.25, 0.3) is 0 Å². The summed E-state index contributed by atoms with van der Waals surface area (Å²) in [6.07, 6.45) is 7.78. The Kier molecular flexibility index (Phi) is 9.08. The molecule has 1 unspecified atom stereocenters. The van der Waals surface area contributed by atoms with Crippen molar-refractivity contribution in [3.63, 3.8) is 0 Å². The van der Waals surface area contributed by atoms with Crippen LogP contribution in [-0.4, -0.2) is 49.8 Å². The highest BCUT2D eigenvalue weighted by Gasteiger charge is 2.32. The number of methoxy groups -OCH3 is 1. The zero-order valence-electron chi connectivity index (χ0n) is 17.3. The van der Waals surface area contributed by atoms with Crippen LogP contribution in [-0.2, 0) is 9.53 Å². The summed E-state index contributed by atoms with van der Waals surface area (Å²) in [5, 5.41) is 2.95. The zero-order valence-corrected chi connectivity index (χ0v) is 17.3. The molecule has 152 valence electrons. The summed E-state index contributed by atoms with van der Waals surface area (Å²) >= 11 is 0. The SMILES string of the molecule is CCCCC(C)(OC)C(=O)Nc1ccc(OCCCN2CCCCC2)cc1. The summed E-state index contributed by atoms with van der Waals surface area (Å²) in [7, 11) is 1.59. The van der Waals surface area contributed by atoms with Gasteiger partial charge in [0.2, 0.25) is 0 Å². The molecule has 0 aliphatic carbocycles. The van der Waals surface area contributed by atoms with E-state index in [0.717, 1.165) is 43.9 Å². The summed E-state index contributed by atoms with van der Waals surface area (Å²) in [5.74, 6) is 0.737. The molecule has 0 spiro atoms. The van der Waals surface area contributed by atoms with Gasteiger partial charge >= 0.3 is 0 Å². The van der Waals surface area contributed by atoms with Crippen LogP contribution in [0, 0.1) is 0 Å². The first kappa shape index (κ1) is 21.7. The highest BCUT2D eigenvalue weighted by molar-refractivity contribution is 5.97. The standard InChI is InChI=1S/C22H36N2O3/c1-4-5-14-22(2,26-3)21(25)23-19-10-12-20(13-11-19)27-18-9-17-24-15-7-6-8-16-24/h10-13H,4-9,14-18H2,1-3H3,(H,23,25). The molecule has 1 aromatic rings. The van der Waals surface area contributed by atoms with E-state index in [-0.39, 0.29) is 5.91 Å². The van der Waals surface area contributed by atoms with Crippen LogP contribution in [0.2, 0.25) is 0 Å². The number of amides is 1. The first-order chi connectivity index (χ1) is 13.1. The Morgan fingerprint density at radius 3 is 2.48 bits per heavy atom. The maximum absolute atomic E-state index is 12.5. The lowest BCUT2D eigenvalue weighted by Crippen LogP contribution is -2.41. The molecule has 1 heterocycles. The third-order valence-corrected chi connectivity index (χ3v) is 5.39. The van der Waals surface area contributed by atoms with Crippen LogP contribution in [0.3, 0.4) is 0 Å². The van der Waals surface area contributed by atoms with Gasteiger partial charge in [0.15, 0.2) is 0 Å². The van der Waals surface area contributed by atoms with Gasteiger partial charge in [-0.1, -0.05) is 26.2 Å². The highest BCUT2D eigenvalue weighted by Crippen LogP contribution is 2.22. The second-order valence-corrected chi connectivity index (χ2v) is 7.62. The topological polar surface area (TPSA) is 50.8 Å². The van der Waals surface area contributed by atoms with Crippen molar-refractivity contribution in [1.82, 2.24) is 4.90 Å². The Labute approximate surface area is 164 Å². The van der Waals surface area contributed by atoms with Gasteiger partial charge in [0.05, 0.1) is 6.61 Å². The minimum Gasteiger partial charge on any atom is -0.494 e. The number of carbonyl (C=O) groups is 1. The van der Waals surface area contributed by atoms with Gasteiger partial charge in [-0.05, 0) is 70.0 Å². The molecule has 1 atom stereocenters. The van der Waals surface area contributed by atoms with Gasteiger partial charge in [0.1, 0.15) is 11.4 Å². The Morgan fingerprint density at radius 2 is 1.85 bits per heavy atom. The number of benzene rings is 1. The molecule has 1 saturated heterocycles. The Bertz CT molecular complexity index is 555. The number of unbranched alkanes of at least 4 members (excludes halogenated alkanes) is 1. The van der Waals surface area contributed by atoms with E-state index in [1.165, 1.54) is 32.4 Å². The molecule has 1 aliphatic rings. The van der Waals surface area contributed by atoms with Crippen LogP contribution < -0.4 is 10.1 Å². The lowest BCUT2D eigenvalue weighted by molar-refractivity contribution is -0.136. The predicted octanol–water partition coefficient (Wildman–Crippen LogP) is 4.48. The van der Waals surface area contributed by atoms with Gasteiger partial charge in [0, 0.05) is 19.3 Å². The van der Waals surface area contributed by atoms with E-state index in [9.17, 15) is 4.79 Å². The molecule has 27 heavy (non-hydrogen) atoms. The van der Waals surface area contributed by atoms with Crippen LogP contribution in [0.5, 0.6) is 5.75 Å². The van der Waals surface area contributed by atoms with Crippen molar-refractivity contribution in [2.24, 2.45) is 0 Å². The van der Waals surface area contributed by atoms with Gasteiger partial charge in [-0.2, -0.15) is 0 Å². The van der Waals surface area contributed by atoms with Crippen molar-refractivity contribution in [3.8, 4) is 5.75 Å². The molecular weight excluding hydrogens is 340 g/mol. The molecule has 0 aromatic heterocycles. The first-order valence-corrected chi connectivity index (χ1v) is 10.4. The fraction of sp³-hybridized carbons (Fsp3) is 0.682. The number of hydrogen-bond acceptors (Lipinski definition) is 4. The third kappa shape index (κ3) is 7.15. The Hall–Kier alpha value is -1.59. The lowest BCUT2D eigenvalue weighted by Gasteiger charge is -2.26. The molecule has 1 aliphatic heterocycles. The number of nitrogens with one attached hydrogen (secondary N) is 1. The van der Waals surface area contributed by atoms with Crippen molar-refractivity contribution in [3.05, 3.63) is 24.3 Å². The summed E-state index contributed by atoms with van der Waals surface area (Å²) < 4.78 is 11.3. The number of nitrogens with zero attached hydrogens (tertiary/aromatic N) is 1. The summed E-state index contributed by atoms with van der Waals surface area (Å²) in [5.41, 5.74) is -0.0277. The molecule has 1 fully saturated rings. The van der Waals surface area contributed by atoms with Gasteiger partial charge in [-0.15, -0.1) is 0 Å². The van der Waals surface area contributed by atoms with Crippen LogP contribution in [0.15, 0.2) is 24.3 Å². The monoisotopic (exact) mass is 376 g/mol. The molecular formula is C22H36N2O3. The van der Waals surface area contributed by atoms with Gasteiger partial charge < -0.3 is 19.7 Å². The second-order valence-electron chi connectivity index (χ2n) is 7.62. The number of carbonyl (C=O) groups excluding carboxylic acids is 1. The van der Waals surface area contributed by atoms with Crippen LogP contribution >= 0.6 is 0 Å². The van der Waals surface area contributed by atoms with Crippen molar-refractivity contribution >= 4 is 11.6 Å². The van der Waals surface area contributed by atoms with E-state index < -0.39 is 5.60 Å². The van der Waals surface area contributed by atoms with E-state index in [0.29, 0.717) is 6.42 Å². The quantitative estimate of drug-likeness (QED) is 0.579. The normalized spacial score (nSPS) is 17.3. The van der Waals surface area contributed by atoms with Gasteiger partial charge in [-0.25, -0.2) is 0 Å². The Morgan fingerprint density at radius 1 is 1.15 bits per heavy atom. The molecule has 0 bridgehead atoms. The van der Waals surface area contributed by atoms with Crippen LogP contribution in [0.1, 0.15) is 58.8 Å². The first-order valence-electron chi connectivity index (χ1n) is 10.4. The largest absolute Gasteiger partial charge is 0.494 e. The predicted molar refractivity (Wildman–Crippen MR) is 110 cm³/mol. The number of rotatable bonds is 11. The van der Waals surface area contributed by atoms with Crippen molar-refractivity contribution in [1.29, 1.82) is 0 Å². The minimum atomic E-state index is -0.792. The molecule has 0 saturated carbocycles.